The molecular formula is C18H34O5Si. The van der Waals surface area contributed by atoms with E-state index in [2.05, 4.69) is 46.0 Å². The van der Waals surface area contributed by atoms with Crippen molar-refractivity contribution in [3.8, 4) is 0 Å². The third kappa shape index (κ3) is 3.37. The summed E-state index contributed by atoms with van der Waals surface area (Å²) in [6, 6.07) is 0. The van der Waals surface area contributed by atoms with Crippen molar-refractivity contribution in [2.45, 2.75) is 89.1 Å². The molecule has 0 aromatic heterocycles. The van der Waals surface area contributed by atoms with E-state index in [1.807, 2.05) is 13.8 Å². The third-order valence-electron chi connectivity index (χ3n) is 5.96. The van der Waals surface area contributed by atoms with Gasteiger partial charge in [0.05, 0.1) is 12.2 Å². The van der Waals surface area contributed by atoms with Gasteiger partial charge in [-0.2, -0.15) is 0 Å². The Kier molecular flexibility index (Phi) is 5.42. The van der Waals surface area contributed by atoms with Crippen LogP contribution in [0, 0.1) is 0 Å². The molecule has 24 heavy (non-hydrogen) atoms. The standard InChI is InChI=1S/C18H34O5Si/c1-16(2,3)24(8,9)23-14-12-10-11-13-15(14)22-18(5,20-7)17(4,19-6)21-13/h10,12-15H,11H2,1-9H3/t13-,14-,15+,17+,18+/m1/s1. The van der Waals surface area contributed by atoms with Gasteiger partial charge in [0.2, 0.25) is 11.6 Å². The van der Waals surface area contributed by atoms with Gasteiger partial charge in [0.25, 0.3) is 0 Å². The molecule has 0 N–H and O–H groups in total. The monoisotopic (exact) mass is 358 g/mol. The minimum Gasteiger partial charge on any atom is -0.408 e. The Hall–Kier alpha value is -0.243. The fourth-order valence-electron chi connectivity index (χ4n) is 2.91. The Bertz CT molecular complexity index is 486. The van der Waals surface area contributed by atoms with Crippen molar-refractivity contribution in [2.24, 2.45) is 0 Å². The van der Waals surface area contributed by atoms with Crippen LogP contribution in [0.15, 0.2) is 12.2 Å². The maximum Gasteiger partial charge on any atom is 0.220 e. The van der Waals surface area contributed by atoms with Gasteiger partial charge in [-0.1, -0.05) is 32.9 Å². The van der Waals surface area contributed by atoms with Crippen molar-refractivity contribution in [2.75, 3.05) is 14.2 Å². The molecule has 2 rings (SSSR count). The van der Waals surface area contributed by atoms with E-state index in [0.29, 0.717) is 0 Å². The quantitative estimate of drug-likeness (QED) is 0.564. The summed E-state index contributed by atoms with van der Waals surface area (Å²) < 4.78 is 30.5. The van der Waals surface area contributed by atoms with Crippen molar-refractivity contribution in [1.29, 1.82) is 0 Å². The van der Waals surface area contributed by atoms with Crippen molar-refractivity contribution in [1.82, 2.24) is 0 Å². The predicted octanol–water partition coefficient (Wildman–Crippen LogP) is 3.85. The number of rotatable bonds is 4. The highest BCUT2D eigenvalue weighted by Gasteiger charge is 2.58. The third-order valence-corrected chi connectivity index (χ3v) is 10.4. The van der Waals surface area contributed by atoms with Gasteiger partial charge in [0, 0.05) is 14.2 Å². The minimum absolute atomic E-state index is 0.113. The van der Waals surface area contributed by atoms with Gasteiger partial charge in [-0.05, 0) is 38.4 Å². The summed E-state index contributed by atoms with van der Waals surface area (Å²) in [7, 11) is 1.30. The smallest absolute Gasteiger partial charge is 0.220 e. The maximum atomic E-state index is 6.60. The highest BCUT2D eigenvalue weighted by atomic mass is 28.4. The van der Waals surface area contributed by atoms with Crippen LogP contribution in [-0.2, 0) is 23.4 Å². The van der Waals surface area contributed by atoms with Crippen LogP contribution in [0.25, 0.3) is 0 Å². The average Bonchev–Trinajstić information content (AvgIpc) is 2.48. The molecule has 0 unspecified atom stereocenters. The van der Waals surface area contributed by atoms with Crippen molar-refractivity contribution < 1.29 is 23.4 Å². The number of hydrogen-bond donors (Lipinski definition) is 0. The molecule has 1 saturated heterocycles. The molecular weight excluding hydrogens is 324 g/mol. The molecule has 0 aromatic carbocycles. The molecule has 1 fully saturated rings. The number of methoxy groups -OCH3 is 2. The number of ether oxygens (including phenoxy) is 4. The Morgan fingerprint density at radius 2 is 1.58 bits per heavy atom. The summed E-state index contributed by atoms with van der Waals surface area (Å²) >= 11 is 0. The molecule has 1 heterocycles. The molecule has 1 aliphatic carbocycles. The van der Waals surface area contributed by atoms with Crippen LogP contribution in [0.2, 0.25) is 18.1 Å². The van der Waals surface area contributed by atoms with Crippen LogP contribution >= 0.6 is 0 Å². The zero-order chi connectivity index (χ0) is 18.4. The van der Waals surface area contributed by atoms with Crippen LogP contribution in [-0.4, -0.2) is 52.4 Å². The lowest BCUT2D eigenvalue weighted by atomic mass is 9.94. The molecule has 0 radical (unpaired) electrons. The van der Waals surface area contributed by atoms with E-state index in [1.54, 1.807) is 14.2 Å². The summed E-state index contributed by atoms with van der Waals surface area (Å²) in [4.78, 5) is 0. The number of fused-ring (bicyclic) bond motifs is 1. The maximum absolute atomic E-state index is 6.60. The molecule has 0 amide bonds. The van der Waals surface area contributed by atoms with Crippen LogP contribution in [0.4, 0.5) is 0 Å². The highest BCUT2D eigenvalue weighted by molar-refractivity contribution is 6.74. The van der Waals surface area contributed by atoms with Gasteiger partial charge in [-0.15, -0.1) is 0 Å². The zero-order valence-electron chi connectivity index (χ0n) is 16.6. The minimum atomic E-state index is -1.93. The first kappa shape index (κ1) is 20.1. The van der Waals surface area contributed by atoms with E-state index in [9.17, 15) is 0 Å². The Labute approximate surface area is 147 Å². The average molecular weight is 359 g/mol. The molecule has 1 aliphatic heterocycles. The van der Waals surface area contributed by atoms with Crippen molar-refractivity contribution in [3.05, 3.63) is 12.2 Å². The topological polar surface area (TPSA) is 46.2 Å². The first-order chi connectivity index (χ1) is 10.9. The van der Waals surface area contributed by atoms with Crippen LogP contribution in [0.1, 0.15) is 41.0 Å². The number of hydrogen-bond acceptors (Lipinski definition) is 5. The Balaban J connectivity index is 2.27. The van der Waals surface area contributed by atoms with E-state index in [0.717, 1.165) is 6.42 Å². The first-order valence-electron chi connectivity index (χ1n) is 8.69. The van der Waals surface area contributed by atoms with E-state index in [1.165, 1.54) is 0 Å². The van der Waals surface area contributed by atoms with Gasteiger partial charge in [-0.25, -0.2) is 0 Å². The van der Waals surface area contributed by atoms with Gasteiger partial charge < -0.3 is 23.4 Å². The van der Waals surface area contributed by atoms with E-state index < -0.39 is 19.9 Å². The molecule has 140 valence electrons. The second-order valence-corrected chi connectivity index (χ2v) is 13.3. The molecule has 5 nitrogen and oxygen atoms in total. The van der Waals surface area contributed by atoms with E-state index in [-0.39, 0.29) is 23.4 Å². The van der Waals surface area contributed by atoms with Crippen LogP contribution in [0.3, 0.4) is 0 Å². The van der Waals surface area contributed by atoms with E-state index >= 15 is 0 Å². The predicted molar refractivity (Wildman–Crippen MR) is 96.4 cm³/mol. The summed E-state index contributed by atoms with van der Waals surface area (Å²) in [6.45, 7) is 14.9. The van der Waals surface area contributed by atoms with Crippen molar-refractivity contribution in [3.63, 3.8) is 0 Å². The summed E-state index contributed by atoms with van der Waals surface area (Å²) in [5.74, 6) is -1.96. The molecule has 2 aliphatic rings. The van der Waals surface area contributed by atoms with Gasteiger partial charge >= 0.3 is 0 Å². The molecule has 0 saturated carbocycles. The lowest BCUT2D eigenvalue weighted by Crippen LogP contribution is -2.68. The van der Waals surface area contributed by atoms with Crippen LogP contribution < -0.4 is 0 Å². The lowest BCUT2D eigenvalue weighted by Gasteiger charge is -2.54. The van der Waals surface area contributed by atoms with Gasteiger partial charge in [-0.3, -0.25) is 0 Å². The largest absolute Gasteiger partial charge is 0.408 e. The summed E-state index contributed by atoms with van der Waals surface area (Å²) in [5, 5.41) is 0.134. The van der Waals surface area contributed by atoms with E-state index in [4.69, 9.17) is 23.4 Å². The van der Waals surface area contributed by atoms with Gasteiger partial charge in [0.15, 0.2) is 8.32 Å². The molecule has 0 spiro atoms. The summed E-state index contributed by atoms with van der Waals surface area (Å²) in [5.41, 5.74) is 0. The lowest BCUT2D eigenvalue weighted by molar-refractivity contribution is -0.452. The SMILES string of the molecule is CO[C@@]1(C)O[C@@H]2[C@H](O[Si](C)(C)C(C)(C)C)C=CC[C@H]2O[C@]1(C)OC. The Morgan fingerprint density at radius 3 is 2.08 bits per heavy atom. The fraction of sp³-hybridized carbons (Fsp3) is 0.889. The van der Waals surface area contributed by atoms with Gasteiger partial charge in [0.1, 0.15) is 6.10 Å². The van der Waals surface area contributed by atoms with Crippen LogP contribution in [0.5, 0.6) is 0 Å². The highest BCUT2D eigenvalue weighted by Crippen LogP contribution is 2.44. The second kappa shape index (κ2) is 6.48. The summed E-state index contributed by atoms with van der Waals surface area (Å²) in [6.07, 6.45) is 4.54. The molecule has 6 heteroatoms. The van der Waals surface area contributed by atoms with Crippen molar-refractivity contribution >= 4 is 8.32 Å². The first-order valence-corrected chi connectivity index (χ1v) is 11.6. The Morgan fingerprint density at radius 1 is 1.04 bits per heavy atom. The molecule has 0 bridgehead atoms. The zero-order valence-corrected chi connectivity index (χ0v) is 17.6. The normalized spacial score (nSPS) is 40.5. The fourth-order valence-corrected chi connectivity index (χ4v) is 4.16. The molecule has 5 atom stereocenters. The molecule has 0 aromatic rings. The second-order valence-electron chi connectivity index (χ2n) is 8.55.